The Morgan fingerprint density at radius 2 is 1.96 bits per heavy atom. The van der Waals surface area contributed by atoms with E-state index >= 15 is 0 Å². The van der Waals surface area contributed by atoms with Crippen LogP contribution in [-0.4, -0.2) is 38.1 Å². The molecule has 0 bridgehead atoms. The molecule has 27 heavy (non-hydrogen) atoms. The lowest BCUT2D eigenvalue weighted by molar-refractivity contribution is -0.115. The zero-order valence-electron chi connectivity index (χ0n) is 15.5. The smallest absolute Gasteiger partial charge is 0.251 e. The first kappa shape index (κ1) is 19.2. The molecule has 0 fully saturated rings. The number of benzene rings is 2. The molecule has 0 aliphatic carbocycles. The van der Waals surface area contributed by atoms with Gasteiger partial charge in [-0.3, -0.25) is 9.59 Å². The molecular formula is C20H22BrN3O3. The summed E-state index contributed by atoms with van der Waals surface area (Å²) in [7, 11) is 1.58. The number of ether oxygens (including phenoxy) is 1. The average Bonchev–Trinajstić information content (AvgIpc) is 2.63. The quantitative estimate of drug-likeness (QED) is 0.778. The van der Waals surface area contributed by atoms with Crippen molar-refractivity contribution in [2.45, 2.75) is 20.0 Å². The number of amides is 2. The fraction of sp³-hybridized carbons (Fsp3) is 0.300. The number of carbonyl (C=O) groups is 2. The fourth-order valence-electron chi connectivity index (χ4n) is 3.02. The van der Waals surface area contributed by atoms with E-state index in [2.05, 4.69) is 26.6 Å². The first-order valence-corrected chi connectivity index (χ1v) is 9.50. The van der Waals surface area contributed by atoms with Crippen LogP contribution in [-0.2, 0) is 4.79 Å². The van der Waals surface area contributed by atoms with Crippen LogP contribution in [0.1, 0.15) is 22.8 Å². The van der Waals surface area contributed by atoms with Gasteiger partial charge in [-0.2, -0.15) is 0 Å². The number of halogens is 1. The molecule has 2 amide bonds. The van der Waals surface area contributed by atoms with Gasteiger partial charge in [0.15, 0.2) is 0 Å². The summed E-state index contributed by atoms with van der Waals surface area (Å²) >= 11 is 3.55. The summed E-state index contributed by atoms with van der Waals surface area (Å²) in [5, 5.41) is 5.45. The molecule has 1 atom stereocenters. The number of carbonyl (C=O) groups excluding carboxylic acids is 2. The van der Waals surface area contributed by atoms with Crippen LogP contribution in [0.3, 0.4) is 0 Å². The predicted octanol–water partition coefficient (Wildman–Crippen LogP) is 3.34. The minimum absolute atomic E-state index is 0.00212. The van der Waals surface area contributed by atoms with Crippen molar-refractivity contribution in [1.29, 1.82) is 0 Å². The molecule has 1 aliphatic rings. The highest BCUT2D eigenvalue weighted by molar-refractivity contribution is 9.10. The summed E-state index contributed by atoms with van der Waals surface area (Å²) in [5.74, 6) is 0.504. The highest BCUT2D eigenvalue weighted by atomic mass is 79.9. The van der Waals surface area contributed by atoms with Crippen LogP contribution in [0.4, 0.5) is 11.4 Å². The van der Waals surface area contributed by atoms with E-state index in [1.807, 2.05) is 30.9 Å². The van der Waals surface area contributed by atoms with Gasteiger partial charge < -0.3 is 20.3 Å². The van der Waals surface area contributed by atoms with Crippen molar-refractivity contribution in [3.63, 3.8) is 0 Å². The van der Waals surface area contributed by atoms with Gasteiger partial charge in [0.05, 0.1) is 18.8 Å². The predicted molar refractivity (Wildman–Crippen MR) is 110 cm³/mol. The third-order valence-electron chi connectivity index (χ3n) is 4.38. The number of aryl methyl sites for hydroxylation is 1. The van der Waals surface area contributed by atoms with Gasteiger partial charge in [0.2, 0.25) is 5.91 Å². The second-order valence-electron chi connectivity index (χ2n) is 6.58. The van der Waals surface area contributed by atoms with Gasteiger partial charge in [-0.05, 0) is 55.8 Å². The number of hydrogen-bond donors (Lipinski definition) is 2. The maximum atomic E-state index is 12.5. The van der Waals surface area contributed by atoms with E-state index in [-0.39, 0.29) is 24.5 Å². The van der Waals surface area contributed by atoms with Crippen molar-refractivity contribution in [3.05, 3.63) is 52.0 Å². The van der Waals surface area contributed by atoms with Crippen LogP contribution in [0.15, 0.2) is 40.9 Å². The molecule has 3 rings (SSSR count). The van der Waals surface area contributed by atoms with Crippen LogP contribution in [0, 0.1) is 6.92 Å². The Labute approximate surface area is 167 Å². The van der Waals surface area contributed by atoms with Gasteiger partial charge in [-0.25, -0.2) is 0 Å². The topological polar surface area (TPSA) is 70.7 Å². The largest absolute Gasteiger partial charge is 0.487 e. The molecule has 0 saturated carbocycles. The number of anilines is 2. The third kappa shape index (κ3) is 4.42. The van der Waals surface area contributed by atoms with Crippen LogP contribution in [0.2, 0.25) is 0 Å². The zero-order chi connectivity index (χ0) is 19.6. The number of nitrogens with zero attached hydrogens (tertiary/aromatic N) is 1. The summed E-state index contributed by atoms with van der Waals surface area (Å²) in [6.07, 6.45) is -0.00212. The molecule has 1 heterocycles. The molecule has 1 aliphatic heterocycles. The Bertz CT molecular complexity index is 868. The van der Waals surface area contributed by atoms with E-state index in [1.165, 1.54) is 0 Å². The minimum atomic E-state index is -0.160. The molecule has 0 radical (unpaired) electrons. The number of rotatable bonds is 4. The van der Waals surface area contributed by atoms with Gasteiger partial charge in [0, 0.05) is 22.8 Å². The first-order valence-electron chi connectivity index (χ1n) is 8.71. The Balaban J connectivity index is 1.71. The average molecular weight is 432 g/mol. The lowest BCUT2D eigenvalue weighted by Gasteiger charge is -2.35. The van der Waals surface area contributed by atoms with Crippen LogP contribution >= 0.6 is 15.9 Å². The molecular weight excluding hydrogens is 410 g/mol. The number of hydrogen-bond acceptors (Lipinski definition) is 4. The molecule has 0 unspecified atom stereocenters. The first-order chi connectivity index (χ1) is 12.9. The van der Waals surface area contributed by atoms with Crippen molar-refractivity contribution in [2.24, 2.45) is 0 Å². The zero-order valence-corrected chi connectivity index (χ0v) is 17.1. The van der Waals surface area contributed by atoms with Crippen molar-refractivity contribution < 1.29 is 14.3 Å². The Morgan fingerprint density at radius 3 is 2.63 bits per heavy atom. The van der Waals surface area contributed by atoms with Gasteiger partial charge in [-0.15, -0.1) is 0 Å². The van der Waals surface area contributed by atoms with E-state index in [4.69, 9.17) is 4.74 Å². The highest BCUT2D eigenvalue weighted by Crippen LogP contribution is 2.37. The van der Waals surface area contributed by atoms with Gasteiger partial charge >= 0.3 is 0 Å². The molecule has 142 valence electrons. The summed E-state index contributed by atoms with van der Waals surface area (Å²) in [6, 6.07) is 10.8. The van der Waals surface area contributed by atoms with Crippen molar-refractivity contribution in [1.82, 2.24) is 5.32 Å². The van der Waals surface area contributed by atoms with Crippen molar-refractivity contribution in [3.8, 4) is 5.75 Å². The minimum Gasteiger partial charge on any atom is -0.487 e. The van der Waals surface area contributed by atoms with Crippen LogP contribution in [0.25, 0.3) is 0 Å². The maximum Gasteiger partial charge on any atom is 0.251 e. The van der Waals surface area contributed by atoms with E-state index in [0.717, 1.165) is 21.5 Å². The summed E-state index contributed by atoms with van der Waals surface area (Å²) in [6.45, 7) is 4.84. The Kier molecular flexibility index (Phi) is 5.70. The van der Waals surface area contributed by atoms with E-state index in [0.29, 0.717) is 17.8 Å². The van der Waals surface area contributed by atoms with E-state index in [9.17, 15) is 9.59 Å². The van der Waals surface area contributed by atoms with Crippen molar-refractivity contribution >= 4 is 39.1 Å². The Hall–Kier alpha value is -2.54. The molecule has 0 spiro atoms. The van der Waals surface area contributed by atoms with E-state index in [1.54, 1.807) is 31.3 Å². The van der Waals surface area contributed by atoms with Gasteiger partial charge in [0.1, 0.15) is 11.9 Å². The molecule has 7 heteroatoms. The molecule has 2 aromatic rings. The molecule has 2 N–H and O–H groups in total. The maximum absolute atomic E-state index is 12.5. The summed E-state index contributed by atoms with van der Waals surface area (Å²) in [5.41, 5.74) is 3.19. The molecule has 0 saturated heterocycles. The highest BCUT2D eigenvalue weighted by Gasteiger charge is 2.25. The van der Waals surface area contributed by atoms with Crippen LogP contribution < -0.4 is 20.3 Å². The fourth-order valence-corrected chi connectivity index (χ4v) is 3.35. The lowest BCUT2D eigenvalue weighted by atomic mass is 10.1. The standard InChI is InChI=1S/C20H22BrN3O3/c1-12-8-18-17(9-16(12)21)24(10-13(2)27-18)11-19(25)23-15-6-4-14(5-7-15)20(26)22-3/h4-9,13H,10-11H2,1-3H3,(H,22,26)(H,23,25)/t13-/m0/s1. The number of nitrogens with one attached hydrogen (secondary N) is 2. The lowest BCUT2D eigenvalue weighted by Crippen LogP contribution is -2.42. The van der Waals surface area contributed by atoms with E-state index < -0.39 is 0 Å². The molecule has 6 nitrogen and oxygen atoms in total. The normalized spacial score (nSPS) is 15.6. The number of fused-ring (bicyclic) bond motifs is 1. The summed E-state index contributed by atoms with van der Waals surface area (Å²) < 4.78 is 6.89. The second kappa shape index (κ2) is 8.00. The Morgan fingerprint density at radius 1 is 1.26 bits per heavy atom. The SMILES string of the molecule is CNC(=O)c1ccc(NC(=O)CN2C[C@H](C)Oc3cc(C)c(Br)cc32)cc1. The third-order valence-corrected chi connectivity index (χ3v) is 5.23. The summed E-state index contributed by atoms with van der Waals surface area (Å²) in [4.78, 5) is 26.1. The second-order valence-corrected chi connectivity index (χ2v) is 7.44. The molecule has 0 aromatic heterocycles. The van der Waals surface area contributed by atoms with Gasteiger partial charge in [0.25, 0.3) is 5.91 Å². The molecule has 2 aromatic carbocycles. The monoisotopic (exact) mass is 431 g/mol. The van der Waals surface area contributed by atoms with Crippen molar-refractivity contribution in [2.75, 3.05) is 30.4 Å². The van der Waals surface area contributed by atoms with Crippen LogP contribution in [0.5, 0.6) is 5.75 Å². The van der Waals surface area contributed by atoms with Gasteiger partial charge in [-0.1, -0.05) is 15.9 Å².